The molecular formula is C11H8Cl3NO4. The fraction of sp³-hybridized carbons (Fsp3) is 0.273. The lowest BCUT2D eigenvalue weighted by Crippen LogP contribution is -2.21. The minimum Gasteiger partial charge on any atom is -0.457 e. The predicted molar refractivity (Wildman–Crippen MR) is 70.8 cm³/mol. The van der Waals surface area contributed by atoms with Crippen molar-refractivity contribution in [2.24, 2.45) is 0 Å². The SMILES string of the molecule is O=C(Nc1ccc2c(c1)C(=O)OC2)OCC(Cl)(Cl)Cl. The number of rotatable bonds is 2. The van der Waals surface area contributed by atoms with E-state index in [2.05, 4.69) is 5.32 Å². The first-order chi connectivity index (χ1) is 8.85. The quantitative estimate of drug-likeness (QED) is 0.670. The van der Waals surface area contributed by atoms with Crippen LogP contribution in [0.5, 0.6) is 0 Å². The van der Waals surface area contributed by atoms with Gasteiger partial charge in [0.05, 0.1) is 5.56 Å². The lowest BCUT2D eigenvalue weighted by molar-refractivity contribution is 0.0535. The summed E-state index contributed by atoms with van der Waals surface area (Å²) in [6.45, 7) is -0.136. The van der Waals surface area contributed by atoms with Crippen LogP contribution in [0.1, 0.15) is 15.9 Å². The summed E-state index contributed by atoms with van der Waals surface area (Å²) in [6, 6.07) is 4.81. The highest BCUT2D eigenvalue weighted by molar-refractivity contribution is 6.67. The predicted octanol–water partition coefficient (Wildman–Crippen LogP) is 3.28. The van der Waals surface area contributed by atoms with Gasteiger partial charge in [-0.05, 0) is 12.1 Å². The van der Waals surface area contributed by atoms with Gasteiger partial charge in [-0.1, -0.05) is 40.9 Å². The molecule has 8 heteroatoms. The summed E-state index contributed by atoms with van der Waals surface area (Å²) < 4.78 is 7.87. The van der Waals surface area contributed by atoms with E-state index in [0.29, 0.717) is 11.3 Å². The van der Waals surface area contributed by atoms with E-state index in [-0.39, 0.29) is 13.2 Å². The van der Waals surface area contributed by atoms with Crippen LogP contribution in [-0.2, 0) is 16.1 Å². The number of esters is 1. The van der Waals surface area contributed by atoms with Crippen molar-refractivity contribution in [3.05, 3.63) is 29.3 Å². The molecule has 1 amide bonds. The van der Waals surface area contributed by atoms with E-state index in [9.17, 15) is 9.59 Å². The molecule has 0 fully saturated rings. The van der Waals surface area contributed by atoms with Crippen LogP contribution in [0, 0.1) is 0 Å². The maximum atomic E-state index is 11.4. The highest BCUT2D eigenvalue weighted by Gasteiger charge is 2.23. The second kappa shape index (κ2) is 5.45. The van der Waals surface area contributed by atoms with E-state index in [1.54, 1.807) is 12.1 Å². The molecule has 19 heavy (non-hydrogen) atoms. The van der Waals surface area contributed by atoms with E-state index < -0.39 is 15.9 Å². The molecule has 102 valence electrons. The van der Waals surface area contributed by atoms with Crippen molar-refractivity contribution in [2.45, 2.75) is 10.4 Å². The van der Waals surface area contributed by atoms with Crippen LogP contribution in [0.2, 0.25) is 0 Å². The topological polar surface area (TPSA) is 64.6 Å². The first kappa shape index (κ1) is 14.2. The molecule has 2 rings (SSSR count). The Bertz CT molecular complexity index is 527. The summed E-state index contributed by atoms with van der Waals surface area (Å²) in [5.41, 5.74) is 1.58. The third-order valence-corrected chi connectivity index (χ3v) is 2.63. The van der Waals surface area contributed by atoms with Crippen molar-refractivity contribution in [1.29, 1.82) is 0 Å². The molecule has 0 spiro atoms. The zero-order valence-corrected chi connectivity index (χ0v) is 11.7. The van der Waals surface area contributed by atoms with Gasteiger partial charge in [-0.2, -0.15) is 0 Å². The summed E-state index contributed by atoms with van der Waals surface area (Å²) in [6.07, 6.45) is -0.780. The molecule has 1 aromatic carbocycles. The number of amides is 1. The van der Waals surface area contributed by atoms with E-state index in [4.69, 9.17) is 44.3 Å². The molecule has 0 unspecified atom stereocenters. The number of cyclic esters (lactones) is 1. The van der Waals surface area contributed by atoms with Crippen LogP contribution in [0.15, 0.2) is 18.2 Å². The Balaban J connectivity index is 1.98. The molecule has 0 saturated heterocycles. The lowest BCUT2D eigenvalue weighted by Gasteiger charge is -2.12. The normalized spacial score (nSPS) is 13.7. The molecule has 0 saturated carbocycles. The Hall–Kier alpha value is -1.17. The molecule has 1 aromatic rings. The summed E-state index contributed by atoms with van der Waals surface area (Å²) in [5, 5.41) is 2.42. The number of hydrogen-bond donors (Lipinski definition) is 1. The number of carbonyl (C=O) groups excluding carboxylic acids is 2. The monoisotopic (exact) mass is 323 g/mol. The van der Waals surface area contributed by atoms with Gasteiger partial charge in [-0.25, -0.2) is 9.59 Å². The van der Waals surface area contributed by atoms with Gasteiger partial charge < -0.3 is 9.47 Å². The molecule has 0 radical (unpaired) electrons. The van der Waals surface area contributed by atoms with Crippen molar-refractivity contribution in [1.82, 2.24) is 0 Å². The number of fused-ring (bicyclic) bond motifs is 1. The van der Waals surface area contributed by atoms with Gasteiger partial charge >= 0.3 is 12.1 Å². The van der Waals surface area contributed by atoms with Crippen LogP contribution >= 0.6 is 34.8 Å². The third kappa shape index (κ3) is 3.89. The molecule has 0 bridgehead atoms. The summed E-state index contributed by atoms with van der Waals surface area (Å²) in [4.78, 5) is 22.8. The summed E-state index contributed by atoms with van der Waals surface area (Å²) in [5.74, 6) is -0.423. The van der Waals surface area contributed by atoms with E-state index in [0.717, 1.165) is 5.56 Å². The second-order valence-corrected chi connectivity index (χ2v) is 6.28. The van der Waals surface area contributed by atoms with Crippen LogP contribution in [0.4, 0.5) is 10.5 Å². The lowest BCUT2D eigenvalue weighted by atomic mass is 10.1. The second-order valence-electron chi connectivity index (χ2n) is 3.76. The number of alkyl halides is 3. The fourth-order valence-corrected chi connectivity index (χ4v) is 1.66. The largest absolute Gasteiger partial charge is 0.457 e. The number of nitrogens with one attached hydrogen (secondary N) is 1. The number of halogens is 3. The van der Waals surface area contributed by atoms with Crippen molar-refractivity contribution in [2.75, 3.05) is 11.9 Å². The molecule has 0 atom stereocenters. The Morgan fingerprint density at radius 3 is 2.84 bits per heavy atom. The molecule has 1 N–H and O–H groups in total. The average Bonchev–Trinajstić information content (AvgIpc) is 2.68. The smallest absolute Gasteiger partial charge is 0.411 e. The van der Waals surface area contributed by atoms with Gasteiger partial charge in [0, 0.05) is 11.3 Å². The molecule has 1 aliphatic rings. The number of benzene rings is 1. The Kier molecular flexibility index (Phi) is 4.08. The maximum absolute atomic E-state index is 11.4. The number of ether oxygens (including phenoxy) is 2. The summed E-state index contributed by atoms with van der Waals surface area (Å²) in [7, 11) is 0. The van der Waals surface area contributed by atoms with Gasteiger partial charge in [0.1, 0.15) is 13.2 Å². The van der Waals surface area contributed by atoms with Gasteiger partial charge in [0.15, 0.2) is 0 Å². The molecule has 0 aliphatic carbocycles. The van der Waals surface area contributed by atoms with E-state index >= 15 is 0 Å². The van der Waals surface area contributed by atoms with Crippen LogP contribution in [0.3, 0.4) is 0 Å². The van der Waals surface area contributed by atoms with Gasteiger partial charge in [0.2, 0.25) is 3.79 Å². The van der Waals surface area contributed by atoms with Gasteiger partial charge in [0.25, 0.3) is 0 Å². The van der Waals surface area contributed by atoms with Crippen molar-refractivity contribution < 1.29 is 19.1 Å². The summed E-state index contributed by atoms with van der Waals surface area (Å²) >= 11 is 16.3. The maximum Gasteiger partial charge on any atom is 0.411 e. The highest BCUT2D eigenvalue weighted by atomic mass is 35.6. The van der Waals surface area contributed by atoms with Crippen LogP contribution in [-0.4, -0.2) is 22.5 Å². The number of anilines is 1. The van der Waals surface area contributed by atoms with Crippen molar-refractivity contribution >= 4 is 52.6 Å². The molecule has 1 aliphatic heterocycles. The first-order valence-corrected chi connectivity index (χ1v) is 6.29. The Morgan fingerprint density at radius 1 is 1.42 bits per heavy atom. The zero-order valence-electron chi connectivity index (χ0n) is 9.41. The zero-order chi connectivity index (χ0) is 14.0. The minimum atomic E-state index is -1.67. The Labute approximate surface area is 123 Å². The van der Waals surface area contributed by atoms with Gasteiger partial charge in [-0.3, -0.25) is 5.32 Å². The third-order valence-electron chi connectivity index (χ3n) is 2.30. The highest BCUT2D eigenvalue weighted by Crippen LogP contribution is 2.26. The van der Waals surface area contributed by atoms with Crippen LogP contribution in [0.25, 0.3) is 0 Å². The molecular weight excluding hydrogens is 316 g/mol. The van der Waals surface area contributed by atoms with Crippen molar-refractivity contribution in [3.63, 3.8) is 0 Å². The molecule has 1 heterocycles. The Morgan fingerprint density at radius 2 is 2.16 bits per heavy atom. The molecule has 5 nitrogen and oxygen atoms in total. The number of carbonyl (C=O) groups is 2. The number of hydrogen-bond acceptors (Lipinski definition) is 4. The van der Waals surface area contributed by atoms with Crippen molar-refractivity contribution in [3.8, 4) is 0 Å². The minimum absolute atomic E-state index is 0.242. The fourth-order valence-electron chi connectivity index (χ4n) is 1.49. The van der Waals surface area contributed by atoms with Crippen LogP contribution < -0.4 is 5.32 Å². The molecule has 0 aromatic heterocycles. The van der Waals surface area contributed by atoms with E-state index in [1.807, 2.05) is 0 Å². The van der Waals surface area contributed by atoms with Gasteiger partial charge in [-0.15, -0.1) is 0 Å². The first-order valence-electron chi connectivity index (χ1n) is 5.16. The van der Waals surface area contributed by atoms with E-state index in [1.165, 1.54) is 6.07 Å². The standard InChI is InChI=1S/C11H8Cl3NO4/c12-11(13,14)5-19-10(17)15-7-2-1-6-4-18-9(16)8(6)3-7/h1-3H,4-5H2,(H,15,17). The average molecular weight is 325 g/mol.